The van der Waals surface area contributed by atoms with Crippen LogP contribution in [0.4, 0.5) is 11.4 Å². The molecule has 88 heavy (non-hydrogen) atoms. The highest BCUT2D eigenvalue weighted by molar-refractivity contribution is 6.14. The molecule has 0 unspecified atom stereocenters. The molecule has 0 radical (unpaired) electrons. The van der Waals surface area contributed by atoms with Gasteiger partial charge in [0.2, 0.25) is 0 Å². The lowest BCUT2D eigenvalue weighted by Crippen LogP contribution is -2.04. The van der Waals surface area contributed by atoms with Crippen LogP contribution in [0, 0.1) is 35.8 Å². The molecule has 0 saturated carbocycles. The minimum Gasteiger partial charge on any atom is -0.309 e. The first-order chi connectivity index (χ1) is 43.4. The van der Waals surface area contributed by atoms with Crippen molar-refractivity contribution in [1.29, 1.82) is 10.5 Å². The van der Waals surface area contributed by atoms with Crippen molar-refractivity contribution in [3.05, 3.63) is 301 Å². The molecule has 4 aromatic heterocycles. The van der Waals surface area contributed by atoms with Gasteiger partial charge in [-0.1, -0.05) is 170 Å². The summed E-state index contributed by atoms with van der Waals surface area (Å²) in [7, 11) is 0. The van der Waals surface area contributed by atoms with Crippen molar-refractivity contribution in [2.45, 2.75) is 0 Å². The molecule has 0 aliphatic rings. The van der Waals surface area contributed by atoms with Crippen LogP contribution in [-0.4, -0.2) is 29.1 Å². The summed E-state index contributed by atoms with van der Waals surface area (Å²) in [5, 5.41) is 23.5. The van der Waals surface area contributed by atoms with Crippen LogP contribution in [0.15, 0.2) is 267 Å². The zero-order valence-electron chi connectivity index (χ0n) is 46.9. The van der Waals surface area contributed by atoms with Gasteiger partial charge in [-0.05, 0) is 129 Å². The average Bonchev–Trinajstić information content (AvgIpc) is 1.63. The molecular weight excluding hydrogens is 1080 g/mol. The van der Waals surface area contributed by atoms with E-state index in [4.69, 9.17) is 33.1 Å². The second kappa shape index (κ2) is 21.7. The van der Waals surface area contributed by atoms with Crippen LogP contribution in [0.5, 0.6) is 0 Å². The zero-order chi connectivity index (χ0) is 59.2. The normalized spacial score (nSPS) is 11.1. The number of fused-ring (bicyclic) bond motifs is 6. The molecule has 15 rings (SSSR count). The van der Waals surface area contributed by atoms with Gasteiger partial charge in [0, 0.05) is 61.8 Å². The lowest BCUT2D eigenvalue weighted by Gasteiger charge is -2.19. The van der Waals surface area contributed by atoms with E-state index in [9.17, 15) is 10.5 Å². The molecule has 0 amide bonds. The summed E-state index contributed by atoms with van der Waals surface area (Å²) in [4.78, 5) is 27.8. The van der Waals surface area contributed by atoms with E-state index < -0.39 is 0 Å². The highest BCUT2D eigenvalue weighted by Gasteiger charge is 2.24. The third-order valence-electron chi connectivity index (χ3n) is 16.4. The van der Waals surface area contributed by atoms with Gasteiger partial charge in [0.15, 0.2) is 28.8 Å². The second-order valence-corrected chi connectivity index (χ2v) is 21.5. The van der Waals surface area contributed by atoms with Gasteiger partial charge in [-0.25, -0.2) is 24.6 Å². The molecule has 0 fully saturated rings. The Kier molecular flexibility index (Phi) is 12.8. The number of benzene rings is 11. The average molecular weight is 1120 g/mol. The Labute approximate surface area is 506 Å². The lowest BCUT2D eigenvalue weighted by atomic mass is 9.99. The fourth-order valence-electron chi connectivity index (χ4n) is 12.0. The van der Waals surface area contributed by atoms with Crippen molar-refractivity contribution in [2.75, 3.05) is 0 Å². The number of nitrogens with zero attached hydrogens (tertiary/aromatic N) is 10. The van der Waals surface area contributed by atoms with E-state index in [1.165, 1.54) is 0 Å². The third-order valence-corrected chi connectivity index (χ3v) is 16.4. The maximum Gasteiger partial charge on any atom is 0.187 e. The molecule has 406 valence electrons. The van der Waals surface area contributed by atoms with Gasteiger partial charge in [0.05, 0.1) is 69.9 Å². The maximum atomic E-state index is 9.68. The fourth-order valence-corrected chi connectivity index (χ4v) is 12.0. The van der Waals surface area contributed by atoms with Crippen molar-refractivity contribution in [3.63, 3.8) is 0 Å². The number of rotatable bonds is 10. The predicted octanol–water partition coefficient (Wildman–Crippen LogP) is 19.6. The van der Waals surface area contributed by atoms with E-state index in [1.54, 1.807) is 0 Å². The largest absolute Gasteiger partial charge is 0.309 e. The van der Waals surface area contributed by atoms with Crippen molar-refractivity contribution in [1.82, 2.24) is 29.1 Å². The van der Waals surface area contributed by atoms with Crippen molar-refractivity contribution >= 4 is 55.0 Å². The van der Waals surface area contributed by atoms with Crippen LogP contribution in [-0.2, 0) is 0 Å². The number of hydrogen-bond donors (Lipinski definition) is 0. The fraction of sp³-hybridized carbons (Fsp3) is 0. The van der Waals surface area contributed by atoms with E-state index in [-0.39, 0.29) is 0 Å². The Balaban J connectivity index is 1.01. The first kappa shape index (κ1) is 52.0. The molecule has 10 heteroatoms. The maximum absolute atomic E-state index is 9.68. The molecule has 0 saturated heterocycles. The van der Waals surface area contributed by atoms with Gasteiger partial charge in [-0.2, -0.15) is 10.5 Å². The van der Waals surface area contributed by atoms with Crippen molar-refractivity contribution in [3.8, 4) is 113 Å². The van der Waals surface area contributed by atoms with E-state index in [0.29, 0.717) is 40.0 Å². The summed E-state index contributed by atoms with van der Waals surface area (Å²) in [6.45, 7) is 15.3. The second-order valence-electron chi connectivity index (χ2n) is 21.5. The van der Waals surface area contributed by atoms with Crippen molar-refractivity contribution in [2.24, 2.45) is 0 Å². The third kappa shape index (κ3) is 9.22. The van der Waals surface area contributed by atoms with Crippen molar-refractivity contribution < 1.29 is 0 Å². The smallest absolute Gasteiger partial charge is 0.187 e. The molecule has 0 atom stereocenters. The predicted molar refractivity (Wildman–Crippen MR) is 352 cm³/mol. The molecule has 0 N–H and O–H groups in total. The quantitative estimate of drug-likeness (QED) is 0.126. The summed E-state index contributed by atoms with van der Waals surface area (Å²) >= 11 is 0. The summed E-state index contributed by atoms with van der Waals surface area (Å²) in [6, 6.07) is 90.1. The monoisotopic (exact) mass is 1120 g/mol. The first-order valence-corrected chi connectivity index (χ1v) is 28.5. The van der Waals surface area contributed by atoms with E-state index in [2.05, 4.69) is 128 Å². The molecule has 15 aromatic rings. The van der Waals surface area contributed by atoms with Gasteiger partial charge in [-0.15, -0.1) is 0 Å². The number of pyridine rings is 1. The Bertz CT molecular complexity index is 5160. The Morgan fingerprint density at radius 1 is 0.318 bits per heavy atom. The summed E-state index contributed by atoms with van der Waals surface area (Å²) in [5.74, 6) is 1.60. The SMILES string of the molecule is [C-]#[N+]c1ccc(-c2ccc3c(c2)c2cc(-c4ccc([N+]#[C-])cc4)ccc2n3-c2cc(-c3nc(-c4ccccc4)nc(-c4ccccc4)n3)ccc2-c2cnccc2-n2c3ccc(-c4ccc(C#N)cc4)cc3c3cc(-c4ccc(C#N)cc4)ccc32)cc1. The molecular formula is C78H44N10. The standard InChI is InChI=1S/C78H44N10/c1-81-62-30-21-53(22-31-62)59-28-37-72-67(43-59)68-44-60(54-23-32-63(82-2)33-24-54)29-38-73(68)88(72)75-45-61(78-85-76(55-9-5-3-6-10-55)84-77(86-78)56-11-7-4-8-12-56)25-34-64(75)69-48-83-40-39-74(69)87-70-35-26-57(51-17-13-49(46-79)14-18-51)41-65(70)66-42-58(27-36-71(66)87)52-19-15-50(47-80)16-20-52/h3-45,48H. The van der Waals surface area contributed by atoms with Crippen LogP contribution < -0.4 is 0 Å². The Morgan fingerprint density at radius 3 is 1.06 bits per heavy atom. The Hall–Kier alpha value is -12.9. The van der Waals surface area contributed by atoms with Gasteiger partial charge in [-0.3, -0.25) is 4.98 Å². The highest BCUT2D eigenvalue weighted by Crippen LogP contribution is 2.45. The molecule has 0 aliphatic carbocycles. The van der Waals surface area contributed by atoms with E-state index in [1.807, 2.05) is 170 Å². The molecule has 10 nitrogen and oxygen atoms in total. The summed E-state index contributed by atoms with van der Waals surface area (Å²) < 4.78 is 4.67. The molecule has 0 aliphatic heterocycles. The lowest BCUT2D eigenvalue weighted by molar-refractivity contribution is 1.07. The minimum absolute atomic E-state index is 0.501. The molecule has 4 heterocycles. The van der Waals surface area contributed by atoms with Crippen LogP contribution in [0.2, 0.25) is 0 Å². The first-order valence-electron chi connectivity index (χ1n) is 28.5. The molecule has 0 bridgehead atoms. The number of aromatic nitrogens is 6. The van der Waals surface area contributed by atoms with Crippen LogP contribution >= 0.6 is 0 Å². The summed E-state index contributed by atoms with van der Waals surface area (Å²) in [6.07, 6.45) is 3.80. The molecule has 11 aromatic carbocycles. The van der Waals surface area contributed by atoms with Crippen LogP contribution in [0.25, 0.3) is 154 Å². The highest BCUT2D eigenvalue weighted by atomic mass is 15.0. The topological polar surface area (TPSA) is 118 Å². The zero-order valence-corrected chi connectivity index (χ0v) is 46.9. The molecule has 0 spiro atoms. The van der Waals surface area contributed by atoms with Crippen LogP contribution in [0.3, 0.4) is 0 Å². The minimum atomic E-state index is 0.501. The van der Waals surface area contributed by atoms with Gasteiger partial charge >= 0.3 is 0 Å². The van der Waals surface area contributed by atoms with Crippen LogP contribution in [0.1, 0.15) is 11.1 Å². The van der Waals surface area contributed by atoms with E-state index in [0.717, 1.165) is 127 Å². The number of nitriles is 2. The summed E-state index contributed by atoms with van der Waals surface area (Å²) in [5.41, 5.74) is 20.2. The van der Waals surface area contributed by atoms with Gasteiger partial charge in [0.1, 0.15) is 0 Å². The number of hydrogen-bond acceptors (Lipinski definition) is 6. The van der Waals surface area contributed by atoms with Gasteiger partial charge in [0.25, 0.3) is 0 Å². The van der Waals surface area contributed by atoms with E-state index >= 15 is 0 Å². The Morgan fingerprint density at radius 2 is 0.670 bits per heavy atom. The van der Waals surface area contributed by atoms with Gasteiger partial charge < -0.3 is 9.13 Å².